The number of aliphatic hydroxyl groups is 1. The molecule has 72 valence electrons. The van der Waals surface area contributed by atoms with Gasteiger partial charge in [-0.3, -0.25) is 0 Å². The SMILES string of the molecule is CCC(C)C(O)CC1OCCO1. The lowest BCUT2D eigenvalue weighted by Crippen LogP contribution is -2.24. The van der Waals surface area contributed by atoms with E-state index in [0.29, 0.717) is 25.6 Å². The van der Waals surface area contributed by atoms with Gasteiger partial charge in [0.15, 0.2) is 6.29 Å². The van der Waals surface area contributed by atoms with Crippen LogP contribution in [0.15, 0.2) is 0 Å². The first-order chi connectivity index (χ1) is 5.74. The molecule has 0 aromatic heterocycles. The van der Waals surface area contributed by atoms with Gasteiger partial charge < -0.3 is 14.6 Å². The van der Waals surface area contributed by atoms with E-state index in [0.717, 1.165) is 6.42 Å². The Morgan fingerprint density at radius 1 is 1.42 bits per heavy atom. The first-order valence-corrected chi connectivity index (χ1v) is 4.65. The largest absolute Gasteiger partial charge is 0.393 e. The Bertz CT molecular complexity index is 121. The van der Waals surface area contributed by atoms with Crippen molar-refractivity contribution in [3.05, 3.63) is 0 Å². The van der Waals surface area contributed by atoms with E-state index in [2.05, 4.69) is 6.92 Å². The maximum atomic E-state index is 9.62. The molecule has 3 heteroatoms. The van der Waals surface area contributed by atoms with Gasteiger partial charge in [0, 0.05) is 6.42 Å². The summed E-state index contributed by atoms with van der Waals surface area (Å²) in [7, 11) is 0. The molecule has 1 N–H and O–H groups in total. The van der Waals surface area contributed by atoms with Crippen LogP contribution in [0, 0.1) is 5.92 Å². The average molecular weight is 174 g/mol. The molecule has 3 nitrogen and oxygen atoms in total. The Morgan fingerprint density at radius 3 is 2.50 bits per heavy atom. The molecule has 1 aliphatic rings. The Labute approximate surface area is 73.7 Å². The van der Waals surface area contributed by atoms with E-state index < -0.39 is 0 Å². The molecular formula is C9H18O3. The monoisotopic (exact) mass is 174 g/mol. The van der Waals surface area contributed by atoms with Crippen molar-refractivity contribution in [3.63, 3.8) is 0 Å². The zero-order chi connectivity index (χ0) is 8.97. The van der Waals surface area contributed by atoms with Crippen LogP contribution in [0.5, 0.6) is 0 Å². The van der Waals surface area contributed by atoms with Crippen LogP contribution in [0.4, 0.5) is 0 Å². The molecule has 2 unspecified atom stereocenters. The highest BCUT2D eigenvalue weighted by atomic mass is 16.7. The smallest absolute Gasteiger partial charge is 0.160 e. The van der Waals surface area contributed by atoms with Crippen molar-refractivity contribution in [2.75, 3.05) is 13.2 Å². The van der Waals surface area contributed by atoms with Crippen molar-refractivity contribution in [1.82, 2.24) is 0 Å². The van der Waals surface area contributed by atoms with E-state index in [1.54, 1.807) is 0 Å². The molecule has 0 bridgehead atoms. The topological polar surface area (TPSA) is 38.7 Å². The van der Waals surface area contributed by atoms with Gasteiger partial charge in [-0.25, -0.2) is 0 Å². The van der Waals surface area contributed by atoms with E-state index >= 15 is 0 Å². The second kappa shape index (κ2) is 4.80. The Kier molecular flexibility index (Phi) is 3.98. The molecule has 0 saturated carbocycles. The van der Waals surface area contributed by atoms with Crippen molar-refractivity contribution in [2.45, 2.75) is 39.1 Å². The highest BCUT2D eigenvalue weighted by Crippen LogP contribution is 2.17. The zero-order valence-corrected chi connectivity index (χ0v) is 7.82. The third-order valence-corrected chi connectivity index (χ3v) is 2.43. The fraction of sp³-hybridized carbons (Fsp3) is 1.00. The third-order valence-electron chi connectivity index (χ3n) is 2.43. The van der Waals surface area contributed by atoms with Gasteiger partial charge in [0.2, 0.25) is 0 Å². The summed E-state index contributed by atoms with van der Waals surface area (Å²) in [5.41, 5.74) is 0. The van der Waals surface area contributed by atoms with E-state index in [9.17, 15) is 5.11 Å². The van der Waals surface area contributed by atoms with Crippen LogP contribution in [0.25, 0.3) is 0 Å². The summed E-state index contributed by atoms with van der Waals surface area (Å²) in [5.74, 6) is 0.331. The van der Waals surface area contributed by atoms with Gasteiger partial charge in [0.25, 0.3) is 0 Å². The van der Waals surface area contributed by atoms with Crippen LogP contribution >= 0.6 is 0 Å². The second-order valence-corrected chi connectivity index (χ2v) is 3.36. The molecule has 1 fully saturated rings. The predicted molar refractivity (Wildman–Crippen MR) is 45.8 cm³/mol. The number of hydrogen-bond acceptors (Lipinski definition) is 3. The summed E-state index contributed by atoms with van der Waals surface area (Å²) in [6.45, 7) is 5.44. The third kappa shape index (κ3) is 2.73. The minimum absolute atomic E-state index is 0.172. The number of rotatable bonds is 4. The number of ether oxygens (including phenoxy) is 2. The Balaban J connectivity index is 2.19. The molecule has 0 radical (unpaired) electrons. The van der Waals surface area contributed by atoms with Crippen LogP contribution < -0.4 is 0 Å². The molecule has 12 heavy (non-hydrogen) atoms. The number of aliphatic hydroxyl groups excluding tert-OH is 1. The van der Waals surface area contributed by atoms with Crippen molar-refractivity contribution in [3.8, 4) is 0 Å². The van der Waals surface area contributed by atoms with E-state index in [1.165, 1.54) is 0 Å². The Morgan fingerprint density at radius 2 is 2.00 bits per heavy atom. The summed E-state index contributed by atoms with van der Waals surface area (Å²) >= 11 is 0. The van der Waals surface area contributed by atoms with Crippen LogP contribution in [-0.4, -0.2) is 30.7 Å². The van der Waals surface area contributed by atoms with Crippen LogP contribution in [0.3, 0.4) is 0 Å². The fourth-order valence-electron chi connectivity index (χ4n) is 1.24. The van der Waals surface area contributed by atoms with Gasteiger partial charge in [-0.2, -0.15) is 0 Å². The molecule has 0 amide bonds. The minimum Gasteiger partial charge on any atom is -0.393 e. The molecule has 2 atom stereocenters. The molecule has 1 rings (SSSR count). The van der Waals surface area contributed by atoms with Gasteiger partial charge in [-0.1, -0.05) is 20.3 Å². The van der Waals surface area contributed by atoms with Crippen LogP contribution in [-0.2, 0) is 9.47 Å². The van der Waals surface area contributed by atoms with E-state index in [4.69, 9.17) is 9.47 Å². The lowest BCUT2D eigenvalue weighted by Gasteiger charge is -2.19. The number of hydrogen-bond donors (Lipinski definition) is 1. The summed E-state index contributed by atoms with van der Waals surface area (Å²) in [6, 6.07) is 0. The first kappa shape index (κ1) is 9.96. The fourth-order valence-corrected chi connectivity index (χ4v) is 1.24. The molecule has 0 aromatic rings. The summed E-state index contributed by atoms with van der Waals surface area (Å²) in [4.78, 5) is 0. The maximum Gasteiger partial charge on any atom is 0.160 e. The maximum absolute atomic E-state index is 9.62. The highest BCUT2D eigenvalue weighted by molar-refractivity contribution is 4.66. The van der Waals surface area contributed by atoms with Crippen molar-refractivity contribution >= 4 is 0 Å². The van der Waals surface area contributed by atoms with Crippen LogP contribution in [0.2, 0.25) is 0 Å². The zero-order valence-electron chi connectivity index (χ0n) is 7.82. The molecule has 0 aromatic carbocycles. The van der Waals surface area contributed by atoms with Crippen LogP contribution in [0.1, 0.15) is 26.7 Å². The summed E-state index contributed by atoms with van der Waals surface area (Å²) < 4.78 is 10.5. The van der Waals surface area contributed by atoms with Crippen molar-refractivity contribution in [2.24, 2.45) is 5.92 Å². The molecular weight excluding hydrogens is 156 g/mol. The van der Waals surface area contributed by atoms with Gasteiger partial charge >= 0.3 is 0 Å². The quantitative estimate of drug-likeness (QED) is 0.695. The first-order valence-electron chi connectivity index (χ1n) is 4.65. The lowest BCUT2D eigenvalue weighted by molar-refractivity contribution is -0.0781. The summed E-state index contributed by atoms with van der Waals surface area (Å²) in [5, 5.41) is 9.62. The van der Waals surface area contributed by atoms with E-state index in [1.807, 2.05) is 6.92 Å². The predicted octanol–water partition coefficient (Wildman–Crippen LogP) is 1.16. The lowest BCUT2D eigenvalue weighted by atomic mass is 9.99. The van der Waals surface area contributed by atoms with Crippen molar-refractivity contribution < 1.29 is 14.6 Å². The Hall–Kier alpha value is -0.120. The van der Waals surface area contributed by atoms with Gasteiger partial charge in [-0.05, 0) is 5.92 Å². The van der Waals surface area contributed by atoms with E-state index in [-0.39, 0.29) is 12.4 Å². The molecule has 0 aliphatic carbocycles. The summed E-state index contributed by atoms with van der Waals surface area (Å²) in [6.07, 6.45) is 1.13. The average Bonchev–Trinajstić information content (AvgIpc) is 2.55. The molecule has 0 spiro atoms. The second-order valence-electron chi connectivity index (χ2n) is 3.36. The molecule has 1 saturated heterocycles. The van der Waals surface area contributed by atoms with Gasteiger partial charge in [0.1, 0.15) is 0 Å². The van der Waals surface area contributed by atoms with Crippen molar-refractivity contribution in [1.29, 1.82) is 0 Å². The molecule has 1 aliphatic heterocycles. The highest BCUT2D eigenvalue weighted by Gasteiger charge is 2.22. The van der Waals surface area contributed by atoms with Gasteiger partial charge in [0.05, 0.1) is 19.3 Å². The minimum atomic E-state index is -0.293. The normalized spacial score (nSPS) is 24.2. The standard InChI is InChI=1S/C9H18O3/c1-3-7(2)8(10)6-9-11-4-5-12-9/h7-10H,3-6H2,1-2H3. The van der Waals surface area contributed by atoms with Gasteiger partial charge in [-0.15, -0.1) is 0 Å². The molecule has 1 heterocycles.